The van der Waals surface area contributed by atoms with Gasteiger partial charge in [-0.3, -0.25) is 0 Å². The van der Waals surface area contributed by atoms with E-state index in [4.69, 9.17) is 4.98 Å². The van der Waals surface area contributed by atoms with Crippen molar-refractivity contribution in [2.24, 2.45) is 0 Å². The second kappa shape index (κ2) is 4.38. The SMILES string of the molecule is Cc1c2ccccc2nc2c3c(ccc12)C=C[C@H](O)[C@H]3O. The number of benzene rings is 2. The molecule has 2 atom stereocenters. The Hall–Kier alpha value is -2.23. The molecule has 0 radical (unpaired) electrons. The number of hydrogen-bond acceptors (Lipinski definition) is 3. The topological polar surface area (TPSA) is 53.4 Å². The van der Waals surface area contributed by atoms with E-state index in [0.29, 0.717) is 0 Å². The molecular weight excluding hydrogens is 262 g/mol. The summed E-state index contributed by atoms with van der Waals surface area (Å²) in [6.45, 7) is 2.07. The van der Waals surface area contributed by atoms with E-state index in [2.05, 4.69) is 13.0 Å². The van der Waals surface area contributed by atoms with Gasteiger partial charge >= 0.3 is 0 Å². The average molecular weight is 277 g/mol. The van der Waals surface area contributed by atoms with Crippen LogP contribution in [0, 0.1) is 6.92 Å². The van der Waals surface area contributed by atoms with Crippen molar-refractivity contribution in [3.8, 4) is 0 Å². The van der Waals surface area contributed by atoms with Gasteiger partial charge in [-0.1, -0.05) is 42.5 Å². The van der Waals surface area contributed by atoms with Crippen LogP contribution in [-0.2, 0) is 0 Å². The van der Waals surface area contributed by atoms with Gasteiger partial charge in [-0.15, -0.1) is 0 Å². The summed E-state index contributed by atoms with van der Waals surface area (Å²) >= 11 is 0. The van der Waals surface area contributed by atoms with Gasteiger partial charge in [0, 0.05) is 16.3 Å². The number of aliphatic hydroxyl groups is 2. The quantitative estimate of drug-likeness (QED) is 0.621. The Labute approximate surface area is 122 Å². The molecule has 104 valence electrons. The van der Waals surface area contributed by atoms with Crippen LogP contribution in [0.2, 0.25) is 0 Å². The number of pyridine rings is 1. The highest BCUT2D eigenvalue weighted by atomic mass is 16.3. The lowest BCUT2D eigenvalue weighted by molar-refractivity contribution is 0.0479. The molecular formula is C18H15NO2. The minimum absolute atomic E-state index is 0.719. The van der Waals surface area contributed by atoms with Gasteiger partial charge in [-0.05, 0) is 24.1 Å². The van der Waals surface area contributed by atoms with Crippen LogP contribution in [0.25, 0.3) is 27.9 Å². The van der Waals surface area contributed by atoms with Gasteiger partial charge in [0.2, 0.25) is 0 Å². The van der Waals surface area contributed by atoms with Crippen molar-refractivity contribution < 1.29 is 10.2 Å². The Balaban J connectivity index is 2.18. The number of fused-ring (bicyclic) bond motifs is 4. The Morgan fingerprint density at radius 3 is 2.67 bits per heavy atom. The van der Waals surface area contributed by atoms with E-state index in [1.165, 1.54) is 0 Å². The maximum Gasteiger partial charge on any atom is 0.111 e. The number of aromatic nitrogens is 1. The van der Waals surface area contributed by atoms with Crippen LogP contribution >= 0.6 is 0 Å². The zero-order valence-electron chi connectivity index (χ0n) is 11.6. The number of hydrogen-bond donors (Lipinski definition) is 2. The van der Waals surface area contributed by atoms with Crippen LogP contribution in [0.15, 0.2) is 42.5 Å². The summed E-state index contributed by atoms with van der Waals surface area (Å²) in [4.78, 5) is 4.73. The van der Waals surface area contributed by atoms with E-state index >= 15 is 0 Å². The number of rotatable bonds is 0. The first-order valence-electron chi connectivity index (χ1n) is 7.03. The smallest absolute Gasteiger partial charge is 0.111 e. The fourth-order valence-electron chi connectivity index (χ4n) is 3.13. The summed E-state index contributed by atoms with van der Waals surface area (Å²) in [5, 5.41) is 22.4. The molecule has 1 heterocycles. The molecule has 0 amide bonds. The third-order valence-corrected chi connectivity index (χ3v) is 4.29. The molecule has 0 bridgehead atoms. The van der Waals surface area contributed by atoms with E-state index in [1.807, 2.05) is 36.4 Å². The summed E-state index contributed by atoms with van der Waals surface area (Å²) in [5.74, 6) is 0. The van der Waals surface area contributed by atoms with Crippen molar-refractivity contribution >= 4 is 27.9 Å². The molecule has 3 nitrogen and oxygen atoms in total. The van der Waals surface area contributed by atoms with Crippen molar-refractivity contribution in [3.63, 3.8) is 0 Å². The summed E-state index contributed by atoms with van der Waals surface area (Å²) in [6.07, 6.45) is 1.66. The average Bonchev–Trinajstić information content (AvgIpc) is 2.51. The van der Waals surface area contributed by atoms with Gasteiger partial charge in [-0.25, -0.2) is 4.98 Å². The molecule has 21 heavy (non-hydrogen) atoms. The predicted molar refractivity (Wildman–Crippen MR) is 84.0 cm³/mol. The monoisotopic (exact) mass is 277 g/mol. The lowest BCUT2D eigenvalue weighted by Gasteiger charge is -2.23. The number of nitrogens with zero attached hydrogens (tertiary/aromatic N) is 1. The fraction of sp³-hybridized carbons (Fsp3) is 0.167. The van der Waals surface area contributed by atoms with Crippen molar-refractivity contribution in [2.75, 3.05) is 0 Å². The molecule has 3 aromatic rings. The molecule has 0 unspecified atom stereocenters. The van der Waals surface area contributed by atoms with E-state index in [-0.39, 0.29) is 0 Å². The summed E-state index contributed by atoms with van der Waals surface area (Å²) in [5.41, 5.74) is 4.47. The second-order valence-corrected chi connectivity index (χ2v) is 5.51. The van der Waals surface area contributed by atoms with Crippen LogP contribution in [-0.4, -0.2) is 21.3 Å². The standard InChI is InChI=1S/C18H15NO2/c1-10-12-4-2-3-5-14(12)19-17-13(10)8-6-11-7-9-15(20)18(21)16(11)17/h2-9,15,18,20-21H,1H3/t15-,18+/m0/s1. The fourth-order valence-corrected chi connectivity index (χ4v) is 3.13. The van der Waals surface area contributed by atoms with Crippen molar-refractivity contribution in [2.45, 2.75) is 19.1 Å². The van der Waals surface area contributed by atoms with Gasteiger partial charge in [0.25, 0.3) is 0 Å². The van der Waals surface area contributed by atoms with Crippen LogP contribution in [0.5, 0.6) is 0 Å². The van der Waals surface area contributed by atoms with Crippen LogP contribution in [0.3, 0.4) is 0 Å². The predicted octanol–water partition coefficient (Wildman–Crippen LogP) is 3.12. The maximum atomic E-state index is 10.3. The highest BCUT2D eigenvalue weighted by molar-refractivity contribution is 5.99. The largest absolute Gasteiger partial charge is 0.386 e. The van der Waals surface area contributed by atoms with Crippen LogP contribution in [0.4, 0.5) is 0 Å². The molecule has 2 N–H and O–H groups in total. The first kappa shape index (κ1) is 12.5. The van der Waals surface area contributed by atoms with Crippen LogP contribution < -0.4 is 0 Å². The van der Waals surface area contributed by atoms with E-state index in [9.17, 15) is 10.2 Å². The lowest BCUT2D eigenvalue weighted by Crippen LogP contribution is -2.20. The molecule has 0 fully saturated rings. The molecule has 2 aromatic carbocycles. The summed E-state index contributed by atoms with van der Waals surface area (Å²) in [7, 11) is 0. The Kier molecular flexibility index (Phi) is 2.61. The van der Waals surface area contributed by atoms with E-state index in [1.54, 1.807) is 6.08 Å². The number of aliphatic hydroxyl groups excluding tert-OH is 2. The van der Waals surface area contributed by atoms with Gasteiger partial charge in [-0.2, -0.15) is 0 Å². The van der Waals surface area contributed by atoms with Gasteiger partial charge in [0.1, 0.15) is 12.2 Å². The maximum absolute atomic E-state index is 10.3. The van der Waals surface area contributed by atoms with Crippen molar-refractivity contribution in [1.82, 2.24) is 4.98 Å². The molecule has 0 aliphatic heterocycles. The first-order chi connectivity index (χ1) is 10.2. The van der Waals surface area contributed by atoms with Crippen LogP contribution in [0.1, 0.15) is 22.8 Å². The number of para-hydroxylation sites is 1. The molecule has 0 spiro atoms. The molecule has 4 rings (SSSR count). The first-order valence-corrected chi connectivity index (χ1v) is 7.03. The summed E-state index contributed by atoms with van der Waals surface area (Å²) < 4.78 is 0. The Morgan fingerprint density at radius 1 is 1.00 bits per heavy atom. The highest BCUT2D eigenvalue weighted by Crippen LogP contribution is 2.36. The third-order valence-electron chi connectivity index (χ3n) is 4.29. The van der Waals surface area contributed by atoms with Gasteiger partial charge < -0.3 is 10.2 Å². The summed E-state index contributed by atoms with van der Waals surface area (Å²) in [6, 6.07) is 12.0. The zero-order chi connectivity index (χ0) is 14.6. The minimum Gasteiger partial charge on any atom is -0.386 e. The molecule has 0 saturated heterocycles. The normalized spacial score (nSPS) is 20.9. The molecule has 1 aliphatic rings. The van der Waals surface area contributed by atoms with Gasteiger partial charge in [0.15, 0.2) is 0 Å². The molecule has 3 heteroatoms. The number of aryl methyl sites for hydroxylation is 1. The lowest BCUT2D eigenvalue weighted by atomic mass is 9.89. The third kappa shape index (κ3) is 1.71. The Bertz CT molecular complexity index is 898. The van der Waals surface area contributed by atoms with Gasteiger partial charge in [0.05, 0.1) is 11.0 Å². The van der Waals surface area contributed by atoms with E-state index < -0.39 is 12.2 Å². The van der Waals surface area contributed by atoms with Crippen molar-refractivity contribution in [1.29, 1.82) is 0 Å². The second-order valence-electron chi connectivity index (χ2n) is 5.51. The highest BCUT2D eigenvalue weighted by Gasteiger charge is 2.25. The molecule has 0 saturated carbocycles. The molecule has 1 aliphatic carbocycles. The Morgan fingerprint density at radius 2 is 1.81 bits per heavy atom. The van der Waals surface area contributed by atoms with Crippen molar-refractivity contribution in [3.05, 3.63) is 59.2 Å². The van der Waals surface area contributed by atoms with E-state index in [0.717, 1.165) is 38.5 Å². The molecule has 1 aromatic heterocycles. The minimum atomic E-state index is -0.929. The zero-order valence-corrected chi connectivity index (χ0v) is 11.6.